The van der Waals surface area contributed by atoms with Gasteiger partial charge < -0.3 is 19.7 Å². The molecular formula is C44H30N8Na2O13S4. The molecule has 0 saturated heterocycles. The minimum absolute atomic E-state index is 0. The van der Waals surface area contributed by atoms with Gasteiger partial charge in [-0.15, -0.1) is 15.3 Å². The van der Waals surface area contributed by atoms with E-state index in [4.69, 9.17) is 0 Å². The zero-order valence-corrected chi connectivity index (χ0v) is 44.0. The van der Waals surface area contributed by atoms with Gasteiger partial charge in [-0.1, -0.05) is 36.4 Å². The summed E-state index contributed by atoms with van der Waals surface area (Å²) in [6, 6.07) is 35.8. The van der Waals surface area contributed by atoms with Gasteiger partial charge in [0.1, 0.15) is 25.9 Å². The Morgan fingerprint density at radius 3 is 1.63 bits per heavy atom. The van der Waals surface area contributed by atoms with Crippen LogP contribution in [0.5, 0.6) is 0 Å². The van der Waals surface area contributed by atoms with Gasteiger partial charge in [0.05, 0.1) is 47.3 Å². The monoisotopic (exact) mass is 1050 g/mol. The second kappa shape index (κ2) is 21.8. The second-order valence-corrected chi connectivity index (χ2v) is 20.5. The van der Waals surface area contributed by atoms with Crippen LogP contribution in [0.4, 0.5) is 56.9 Å². The molecule has 0 unspecified atom stereocenters. The number of nitro groups is 1. The van der Waals surface area contributed by atoms with E-state index >= 15 is 0 Å². The van der Waals surface area contributed by atoms with Crippen molar-refractivity contribution in [2.45, 2.75) is 19.6 Å². The van der Waals surface area contributed by atoms with Crippen molar-refractivity contribution in [3.63, 3.8) is 0 Å². The van der Waals surface area contributed by atoms with Gasteiger partial charge in [-0.05, 0) is 115 Å². The average molecular weight is 1050 g/mol. The van der Waals surface area contributed by atoms with Crippen LogP contribution in [0.25, 0.3) is 21.5 Å². The molecule has 0 amide bonds. The third-order valence-electron chi connectivity index (χ3n) is 10.1. The van der Waals surface area contributed by atoms with Crippen LogP contribution in [0.3, 0.4) is 0 Å². The molecule has 0 aliphatic heterocycles. The fourth-order valence-corrected chi connectivity index (χ4v) is 9.66. The molecule has 71 heavy (non-hydrogen) atoms. The number of nitrogens with zero attached hydrogens (tertiary/aromatic N) is 5. The normalized spacial score (nSPS) is 12.1. The third kappa shape index (κ3) is 12.7. The minimum Gasteiger partial charge on any atom is -0.744 e. The number of nitro benzene ring substituents is 1. The van der Waals surface area contributed by atoms with E-state index < -0.39 is 70.6 Å². The van der Waals surface area contributed by atoms with Crippen molar-refractivity contribution in [2.24, 2.45) is 20.5 Å². The maximum atomic E-state index is 13.1. The van der Waals surface area contributed by atoms with Crippen LogP contribution in [0.1, 0.15) is 0 Å². The molecular weight excluding hydrogens is 1020 g/mol. The van der Waals surface area contributed by atoms with Gasteiger partial charge in [-0.2, -0.15) is 13.5 Å². The molecule has 0 aromatic heterocycles. The van der Waals surface area contributed by atoms with Crippen LogP contribution in [0.2, 0.25) is 0 Å². The van der Waals surface area contributed by atoms with Gasteiger partial charge >= 0.3 is 59.1 Å². The Bertz CT molecular complexity index is 3890. The number of fused-ring (bicyclic) bond motifs is 2. The molecule has 21 nitrogen and oxygen atoms in total. The fraction of sp³-hybridized carbons (Fsp3) is 0. The summed E-state index contributed by atoms with van der Waals surface area (Å²) in [7, 11) is -18.9. The Morgan fingerprint density at radius 2 is 1.01 bits per heavy atom. The Kier molecular flexibility index (Phi) is 16.6. The first-order chi connectivity index (χ1) is 32.6. The molecule has 0 spiro atoms. The van der Waals surface area contributed by atoms with Crippen molar-refractivity contribution >= 4 is 119 Å². The first kappa shape index (κ1) is 54.3. The van der Waals surface area contributed by atoms with Crippen LogP contribution in [-0.4, -0.2) is 52.3 Å². The molecule has 350 valence electrons. The number of hydrogen-bond acceptors (Lipinski definition) is 18. The largest absolute Gasteiger partial charge is 1.00 e. The zero-order valence-electron chi connectivity index (χ0n) is 36.7. The maximum absolute atomic E-state index is 13.1. The summed E-state index contributed by atoms with van der Waals surface area (Å²) in [6.07, 6.45) is 0. The SMILES string of the molecule is O=[N+]([O-])c1cc(S(=O)(=O)Nc2ccc(S(=O)(=O)[O-])cc2)ccc1Nc1ccc(N=Nc2ccc(N=Nc3ccc(Nc4ccccc4)c4c(S(=O)(=O)[O-])cccc34)c3cc(S(=O)(=O)O)ccc23)cc1.[Na+].[Na+]. The third-order valence-corrected chi connectivity index (χ3v) is 14.1. The molecule has 0 radical (unpaired) electrons. The summed E-state index contributed by atoms with van der Waals surface area (Å²) >= 11 is 0. The first-order valence-corrected chi connectivity index (χ1v) is 25.3. The molecule has 0 bridgehead atoms. The number of rotatable bonds is 15. The van der Waals surface area contributed by atoms with Crippen LogP contribution in [0.15, 0.2) is 198 Å². The van der Waals surface area contributed by atoms with Crippen LogP contribution in [-0.2, 0) is 40.4 Å². The molecule has 0 heterocycles. The Labute approximate surface area is 449 Å². The van der Waals surface area contributed by atoms with Crippen LogP contribution in [0, 0.1) is 10.1 Å². The molecule has 8 rings (SSSR count). The van der Waals surface area contributed by atoms with Crippen molar-refractivity contribution in [1.29, 1.82) is 0 Å². The van der Waals surface area contributed by atoms with E-state index in [0.29, 0.717) is 28.1 Å². The number of nitrogens with one attached hydrogen (secondary N) is 3. The summed E-state index contributed by atoms with van der Waals surface area (Å²) in [5, 5.41) is 36.2. The summed E-state index contributed by atoms with van der Waals surface area (Å²) in [5.41, 5.74) is 1.27. The standard InChI is InChI=1S/C44H32N8O13S4.2Na/c53-52(54)42-26-32(66(55,56)51-30-13-15-31(16-14-30)67(57,58)59)18-20-40(42)45-28-9-11-29(12-10-28)47-48-37-21-22-39(36-25-33(68(60,61)62)17-19-34(36)37)50-49-38-23-24-41(46-27-5-2-1-3-6-27)44-35(38)7-4-8-43(44)69(63,64)65;;/h1-26,45-46,51H,(H,57,58,59)(H,60,61,62)(H,63,64,65);;/q;2*+1/p-2. The number of benzene rings is 8. The second-order valence-electron chi connectivity index (χ2n) is 14.6. The van der Waals surface area contributed by atoms with Crippen molar-refractivity contribution < 1.29 is 111 Å². The summed E-state index contributed by atoms with van der Waals surface area (Å²) in [6.45, 7) is 0. The number of para-hydroxylation sites is 1. The Hall–Kier alpha value is -6.04. The van der Waals surface area contributed by atoms with E-state index in [1.807, 2.05) is 0 Å². The van der Waals surface area contributed by atoms with Crippen LogP contribution >= 0.6 is 0 Å². The zero-order chi connectivity index (χ0) is 49.3. The minimum atomic E-state index is -4.97. The van der Waals surface area contributed by atoms with E-state index in [1.165, 1.54) is 66.7 Å². The molecule has 0 saturated carbocycles. The smallest absolute Gasteiger partial charge is 0.744 e. The van der Waals surface area contributed by atoms with E-state index in [-0.39, 0.29) is 104 Å². The van der Waals surface area contributed by atoms with Gasteiger partial charge in [-0.25, -0.2) is 25.3 Å². The van der Waals surface area contributed by atoms with Crippen LogP contribution < -0.4 is 74.5 Å². The summed E-state index contributed by atoms with van der Waals surface area (Å²) < 4.78 is 134. The topological polar surface area (TPSA) is 332 Å². The molecule has 0 aliphatic rings. The van der Waals surface area contributed by atoms with Gasteiger partial charge in [0.25, 0.3) is 25.8 Å². The summed E-state index contributed by atoms with van der Waals surface area (Å²) in [4.78, 5) is 9.22. The number of azo groups is 2. The van der Waals surface area contributed by atoms with E-state index in [2.05, 4.69) is 35.8 Å². The van der Waals surface area contributed by atoms with Gasteiger partial charge in [0.2, 0.25) is 0 Å². The van der Waals surface area contributed by atoms with Gasteiger partial charge in [0.15, 0.2) is 0 Å². The van der Waals surface area contributed by atoms with Gasteiger partial charge in [-0.3, -0.25) is 19.4 Å². The average Bonchev–Trinajstić information content (AvgIpc) is 3.30. The molecule has 0 aliphatic carbocycles. The number of sulfonamides is 1. The molecule has 0 atom stereocenters. The van der Waals surface area contributed by atoms with Gasteiger partial charge in [0, 0.05) is 50.4 Å². The van der Waals surface area contributed by atoms with E-state index in [1.54, 1.807) is 42.5 Å². The summed E-state index contributed by atoms with van der Waals surface area (Å²) in [5.74, 6) is 0. The molecule has 8 aromatic rings. The first-order valence-electron chi connectivity index (χ1n) is 19.6. The van der Waals surface area contributed by atoms with Crippen molar-refractivity contribution in [3.05, 3.63) is 168 Å². The maximum Gasteiger partial charge on any atom is 1.00 e. The van der Waals surface area contributed by atoms with Crippen molar-refractivity contribution in [1.82, 2.24) is 0 Å². The quantitative estimate of drug-likeness (QED) is 0.0369. The Balaban J connectivity index is 0.00000413. The molecule has 4 N–H and O–H groups in total. The molecule has 8 aromatic carbocycles. The molecule has 0 fully saturated rings. The number of hydrogen-bond donors (Lipinski definition) is 4. The predicted octanol–water partition coefficient (Wildman–Crippen LogP) is 4.08. The Morgan fingerprint density at radius 1 is 0.479 bits per heavy atom. The molecule has 27 heteroatoms. The number of anilines is 5. The fourth-order valence-electron chi connectivity index (χ4n) is 6.89. The van der Waals surface area contributed by atoms with E-state index in [0.717, 1.165) is 48.5 Å². The van der Waals surface area contributed by atoms with E-state index in [9.17, 15) is 57.4 Å². The predicted molar refractivity (Wildman–Crippen MR) is 252 cm³/mol. The van der Waals surface area contributed by atoms with Crippen molar-refractivity contribution in [2.75, 3.05) is 15.4 Å². The van der Waals surface area contributed by atoms with Crippen molar-refractivity contribution in [3.8, 4) is 0 Å².